The van der Waals surface area contributed by atoms with E-state index in [1.165, 1.54) is 5.56 Å². The lowest BCUT2D eigenvalue weighted by Gasteiger charge is -2.27. The van der Waals surface area contributed by atoms with Crippen molar-refractivity contribution < 1.29 is 5.11 Å². The molecule has 1 aliphatic heterocycles. The highest BCUT2D eigenvalue weighted by Gasteiger charge is 2.12. The first-order valence-electron chi connectivity index (χ1n) is 6.08. The first kappa shape index (κ1) is 12.9. The smallest absolute Gasteiger partial charge is 0.132 e. The second-order valence-corrected chi connectivity index (χ2v) is 5.34. The normalized spacial score (nSPS) is 17.3. The first-order chi connectivity index (χ1) is 8.18. The average molecular weight is 299 g/mol. The summed E-state index contributed by atoms with van der Waals surface area (Å²) in [5.74, 6) is 0.378. The molecule has 0 unspecified atom stereocenters. The highest BCUT2D eigenvalue weighted by Crippen LogP contribution is 2.31. The molecule has 1 aromatic rings. The van der Waals surface area contributed by atoms with Gasteiger partial charge in [0.25, 0.3) is 0 Å². The van der Waals surface area contributed by atoms with Gasteiger partial charge in [-0.25, -0.2) is 0 Å². The number of aromatic hydroxyl groups is 1. The third-order valence-electron chi connectivity index (χ3n) is 3.30. The minimum absolute atomic E-state index is 0.378. The summed E-state index contributed by atoms with van der Waals surface area (Å²) in [5, 5.41) is 13.2. The van der Waals surface area contributed by atoms with Gasteiger partial charge in [-0.05, 0) is 40.4 Å². The lowest BCUT2D eigenvalue weighted by atomic mass is 10.1. The maximum atomic E-state index is 9.85. The summed E-state index contributed by atoms with van der Waals surface area (Å²) in [4.78, 5) is 2.46. The van der Waals surface area contributed by atoms with Gasteiger partial charge in [0.1, 0.15) is 5.75 Å². The number of aryl methyl sites for hydroxylation is 1. The van der Waals surface area contributed by atoms with Crippen molar-refractivity contribution in [3.63, 3.8) is 0 Å². The predicted octanol–water partition coefficient (Wildman–Crippen LogP) is 1.91. The minimum atomic E-state index is 0.378. The van der Waals surface area contributed by atoms with Crippen LogP contribution in [-0.2, 0) is 6.42 Å². The number of hydrogen-bond acceptors (Lipinski definition) is 3. The molecule has 0 spiro atoms. The number of benzene rings is 1. The Bertz CT molecular complexity index is 389. The largest absolute Gasteiger partial charge is 0.506 e. The number of piperazine rings is 1. The van der Waals surface area contributed by atoms with E-state index in [9.17, 15) is 5.11 Å². The van der Waals surface area contributed by atoms with Crippen molar-refractivity contribution in [2.75, 3.05) is 32.7 Å². The van der Waals surface area contributed by atoms with E-state index in [4.69, 9.17) is 0 Å². The van der Waals surface area contributed by atoms with Crippen LogP contribution < -0.4 is 5.32 Å². The molecule has 0 aliphatic carbocycles. The minimum Gasteiger partial charge on any atom is -0.506 e. The van der Waals surface area contributed by atoms with Gasteiger partial charge >= 0.3 is 0 Å². The molecule has 1 heterocycles. The van der Waals surface area contributed by atoms with Gasteiger partial charge < -0.3 is 15.3 Å². The number of hydrogen-bond donors (Lipinski definition) is 2. The standard InChI is InChI=1S/C13H19BrN2O/c1-10-2-3-11(12(14)13(10)17)4-7-16-8-5-15-6-9-16/h2-3,15,17H,4-9H2,1H3. The molecular weight excluding hydrogens is 280 g/mol. The SMILES string of the molecule is Cc1ccc(CCN2CCNCC2)c(Br)c1O. The summed E-state index contributed by atoms with van der Waals surface area (Å²) < 4.78 is 0.854. The van der Waals surface area contributed by atoms with Crippen molar-refractivity contribution in [1.29, 1.82) is 0 Å². The number of rotatable bonds is 3. The maximum Gasteiger partial charge on any atom is 0.132 e. The Kier molecular flexibility index (Phi) is 4.42. The quantitative estimate of drug-likeness (QED) is 0.895. The van der Waals surface area contributed by atoms with Crippen molar-refractivity contribution in [2.45, 2.75) is 13.3 Å². The van der Waals surface area contributed by atoms with Crippen LogP contribution in [0.5, 0.6) is 5.75 Å². The van der Waals surface area contributed by atoms with Crippen molar-refractivity contribution in [3.8, 4) is 5.75 Å². The highest BCUT2D eigenvalue weighted by molar-refractivity contribution is 9.10. The summed E-state index contributed by atoms with van der Waals surface area (Å²) in [5.41, 5.74) is 2.11. The monoisotopic (exact) mass is 298 g/mol. The van der Waals surface area contributed by atoms with Crippen molar-refractivity contribution in [3.05, 3.63) is 27.7 Å². The Balaban J connectivity index is 1.96. The van der Waals surface area contributed by atoms with Crippen LogP contribution >= 0.6 is 15.9 Å². The molecule has 0 aromatic heterocycles. The van der Waals surface area contributed by atoms with E-state index < -0.39 is 0 Å². The molecule has 94 valence electrons. The molecule has 0 bridgehead atoms. The summed E-state index contributed by atoms with van der Waals surface area (Å²) in [6.07, 6.45) is 0.981. The van der Waals surface area contributed by atoms with Crippen LogP contribution in [0.15, 0.2) is 16.6 Å². The van der Waals surface area contributed by atoms with E-state index in [0.29, 0.717) is 5.75 Å². The zero-order valence-corrected chi connectivity index (χ0v) is 11.8. The van der Waals surface area contributed by atoms with Gasteiger partial charge in [-0.2, -0.15) is 0 Å². The molecule has 1 saturated heterocycles. The third kappa shape index (κ3) is 3.21. The Morgan fingerprint density at radius 3 is 2.76 bits per heavy atom. The van der Waals surface area contributed by atoms with Crippen LogP contribution in [0, 0.1) is 6.92 Å². The van der Waals surface area contributed by atoms with Gasteiger partial charge in [-0.1, -0.05) is 12.1 Å². The topological polar surface area (TPSA) is 35.5 Å². The van der Waals surface area contributed by atoms with Crippen LogP contribution in [0.25, 0.3) is 0 Å². The fourth-order valence-corrected chi connectivity index (χ4v) is 2.75. The molecule has 0 radical (unpaired) electrons. The third-order valence-corrected chi connectivity index (χ3v) is 4.19. The lowest BCUT2D eigenvalue weighted by molar-refractivity contribution is 0.243. The molecule has 3 nitrogen and oxygen atoms in total. The van der Waals surface area contributed by atoms with Crippen LogP contribution in [0.4, 0.5) is 0 Å². The highest BCUT2D eigenvalue weighted by atomic mass is 79.9. The molecule has 0 saturated carbocycles. The fraction of sp³-hybridized carbons (Fsp3) is 0.538. The number of phenols is 1. The number of nitrogens with one attached hydrogen (secondary N) is 1. The molecule has 2 rings (SSSR count). The van der Waals surface area contributed by atoms with Gasteiger partial charge in [0.05, 0.1) is 4.47 Å². The molecule has 1 aliphatic rings. The fourth-order valence-electron chi connectivity index (χ4n) is 2.11. The molecule has 2 N–H and O–H groups in total. The summed E-state index contributed by atoms with van der Waals surface area (Å²) in [7, 11) is 0. The number of halogens is 1. The Morgan fingerprint density at radius 2 is 2.06 bits per heavy atom. The molecule has 1 aromatic carbocycles. The predicted molar refractivity (Wildman–Crippen MR) is 73.6 cm³/mol. The number of nitrogens with zero attached hydrogens (tertiary/aromatic N) is 1. The summed E-state index contributed by atoms with van der Waals surface area (Å²) in [6.45, 7) is 7.38. The van der Waals surface area contributed by atoms with Crippen LogP contribution in [-0.4, -0.2) is 42.7 Å². The second-order valence-electron chi connectivity index (χ2n) is 4.55. The zero-order valence-electron chi connectivity index (χ0n) is 10.2. The van der Waals surface area contributed by atoms with Crippen LogP contribution in [0.2, 0.25) is 0 Å². The summed E-state index contributed by atoms with van der Waals surface area (Å²) in [6, 6.07) is 4.08. The van der Waals surface area contributed by atoms with Crippen molar-refractivity contribution in [1.82, 2.24) is 10.2 Å². The summed E-state index contributed by atoms with van der Waals surface area (Å²) >= 11 is 3.48. The van der Waals surface area contributed by atoms with E-state index in [1.54, 1.807) is 0 Å². The van der Waals surface area contributed by atoms with Gasteiger partial charge in [0.2, 0.25) is 0 Å². The second kappa shape index (κ2) is 5.85. The van der Waals surface area contributed by atoms with Gasteiger partial charge in [0, 0.05) is 32.7 Å². The van der Waals surface area contributed by atoms with E-state index in [1.807, 2.05) is 13.0 Å². The van der Waals surface area contributed by atoms with Crippen LogP contribution in [0.1, 0.15) is 11.1 Å². The molecule has 1 fully saturated rings. The van der Waals surface area contributed by atoms with E-state index >= 15 is 0 Å². The van der Waals surface area contributed by atoms with E-state index in [0.717, 1.165) is 49.2 Å². The molecule has 4 heteroatoms. The molecular formula is C13H19BrN2O. The number of phenolic OH excluding ortho intramolecular Hbond substituents is 1. The van der Waals surface area contributed by atoms with E-state index in [-0.39, 0.29) is 0 Å². The Labute approximate surface area is 111 Å². The zero-order chi connectivity index (χ0) is 12.3. The Hall–Kier alpha value is -0.580. The molecule has 17 heavy (non-hydrogen) atoms. The van der Waals surface area contributed by atoms with E-state index in [2.05, 4.69) is 32.2 Å². The molecule has 0 amide bonds. The van der Waals surface area contributed by atoms with Crippen LogP contribution in [0.3, 0.4) is 0 Å². The van der Waals surface area contributed by atoms with Gasteiger partial charge in [-0.15, -0.1) is 0 Å². The van der Waals surface area contributed by atoms with Gasteiger partial charge in [0.15, 0.2) is 0 Å². The lowest BCUT2D eigenvalue weighted by Crippen LogP contribution is -2.44. The average Bonchev–Trinajstić information content (AvgIpc) is 2.36. The maximum absolute atomic E-state index is 9.85. The first-order valence-corrected chi connectivity index (χ1v) is 6.88. The van der Waals surface area contributed by atoms with Gasteiger partial charge in [-0.3, -0.25) is 0 Å². The van der Waals surface area contributed by atoms with Crippen molar-refractivity contribution >= 4 is 15.9 Å². The molecule has 0 atom stereocenters. The Morgan fingerprint density at radius 1 is 1.35 bits per heavy atom. The van der Waals surface area contributed by atoms with Crippen molar-refractivity contribution in [2.24, 2.45) is 0 Å².